The lowest BCUT2D eigenvalue weighted by molar-refractivity contribution is -0.128. The molecule has 3 heterocycles. The molecule has 4 rings (SSSR count). The largest absolute Gasteiger partial charge is 0.376 e. The molecule has 0 aliphatic carbocycles. The van der Waals surface area contributed by atoms with Crippen LogP contribution in [0.2, 0.25) is 0 Å². The van der Waals surface area contributed by atoms with Gasteiger partial charge in [0.15, 0.2) is 0 Å². The predicted molar refractivity (Wildman–Crippen MR) is 108 cm³/mol. The van der Waals surface area contributed by atoms with Crippen LogP contribution in [0.5, 0.6) is 0 Å². The fourth-order valence-electron chi connectivity index (χ4n) is 3.89. The third-order valence-electron chi connectivity index (χ3n) is 5.39. The van der Waals surface area contributed by atoms with Crippen LogP contribution in [0.4, 0.5) is 10.5 Å². The lowest BCUT2D eigenvalue weighted by atomic mass is 10.1. The van der Waals surface area contributed by atoms with E-state index in [0.29, 0.717) is 25.2 Å². The number of urea groups is 1. The molecule has 0 radical (unpaired) electrons. The van der Waals surface area contributed by atoms with E-state index in [0.717, 1.165) is 38.0 Å². The minimum Gasteiger partial charge on any atom is -0.376 e. The lowest BCUT2D eigenvalue weighted by Gasteiger charge is -2.25. The van der Waals surface area contributed by atoms with Crippen molar-refractivity contribution in [3.63, 3.8) is 0 Å². The number of anilines is 1. The highest BCUT2D eigenvalue weighted by atomic mass is 16.5. The summed E-state index contributed by atoms with van der Waals surface area (Å²) in [6.45, 7) is 2.70. The van der Waals surface area contributed by atoms with Gasteiger partial charge in [-0.2, -0.15) is 5.10 Å². The van der Waals surface area contributed by atoms with Crippen LogP contribution in [0.25, 0.3) is 0 Å². The van der Waals surface area contributed by atoms with Gasteiger partial charge in [-0.3, -0.25) is 9.48 Å². The van der Waals surface area contributed by atoms with Gasteiger partial charge in [-0.05, 0) is 24.8 Å². The van der Waals surface area contributed by atoms with E-state index in [9.17, 15) is 9.59 Å². The van der Waals surface area contributed by atoms with Gasteiger partial charge in [0.2, 0.25) is 5.91 Å². The summed E-state index contributed by atoms with van der Waals surface area (Å²) in [6, 6.07) is 9.13. The van der Waals surface area contributed by atoms with Gasteiger partial charge in [0.05, 0.1) is 30.6 Å². The molecule has 2 saturated heterocycles. The van der Waals surface area contributed by atoms with E-state index in [1.54, 1.807) is 10.9 Å². The zero-order valence-electron chi connectivity index (χ0n) is 16.4. The number of hydrogen-bond donors (Lipinski definition) is 2. The average Bonchev–Trinajstić information content (AvgIpc) is 3.47. The molecule has 1 aromatic heterocycles. The van der Waals surface area contributed by atoms with E-state index in [1.807, 2.05) is 41.4 Å². The van der Waals surface area contributed by atoms with Crippen molar-refractivity contribution in [1.29, 1.82) is 0 Å². The number of ether oxygens (including phenoxy) is 1. The molecular formula is C21H27N5O3. The van der Waals surface area contributed by atoms with Crippen LogP contribution >= 0.6 is 0 Å². The topological polar surface area (TPSA) is 88.5 Å². The quantitative estimate of drug-likeness (QED) is 0.752. The van der Waals surface area contributed by atoms with Crippen molar-refractivity contribution in [2.24, 2.45) is 0 Å². The maximum Gasteiger partial charge on any atom is 0.319 e. The molecule has 2 atom stereocenters. The van der Waals surface area contributed by atoms with Crippen LogP contribution in [0.15, 0.2) is 42.7 Å². The summed E-state index contributed by atoms with van der Waals surface area (Å²) in [7, 11) is 0. The molecule has 0 saturated carbocycles. The number of hydrogen-bond acceptors (Lipinski definition) is 4. The number of carbonyl (C=O) groups is 2. The summed E-state index contributed by atoms with van der Waals surface area (Å²) in [5.74, 6) is 0.142. The van der Waals surface area contributed by atoms with Gasteiger partial charge in [0, 0.05) is 32.3 Å². The fourth-order valence-corrected chi connectivity index (χ4v) is 3.89. The molecule has 2 unspecified atom stereocenters. The Balaban J connectivity index is 1.37. The normalized spacial score (nSPS) is 20.1. The maximum absolute atomic E-state index is 12.6. The molecule has 0 spiro atoms. The van der Waals surface area contributed by atoms with Crippen molar-refractivity contribution in [3.05, 3.63) is 48.3 Å². The van der Waals surface area contributed by atoms with Crippen LogP contribution in [0.3, 0.4) is 0 Å². The Kier molecular flexibility index (Phi) is 6.09. The molecule has 1 aromatic carbocycles. The number of nitrogens with zero attached hydrogens (tertiary/aromatic N) is 3. The third-order valence-corrected chi connectivity index (χ3v) is 5.39. The Morgan fingerprint density at radius 1 is 1.28 bits per heavy atom. The minimum atomic E-state index is -0.317. The Labute approximate surface area is 170 Å². The molecule has 154 valence electrons. The minimum absolute atomic E-state index is 0.142. The molecule has 3 amide bonds. The Bertz CT molecular complexity index is 832. The molecule has 2 N–H and O–H groups in total. The first kappa shape index (κ1) is 19.4. The smallest absolute Gasteiger partial charge is 0.319 e. The first-order valence-corrected chi connectivity index (χ1v) is 10.2. The molecule has 29 heavy (non-hydrogen) atoms. The number of aromatic nitrogens is 2. The van der Waals surface area contributed by atoms with Gasteiger partial charge >= 0.3 is 6.03 Å². The van der Waals surface area contributed by atoms with Gasteiger partial charge in [-0.15, -0.1) is 0 Å². The highest BCUT2D eigenvalue weighted by molar-refractivity contribution is 5.89. The Morgan fingerprint density at radius 3 is 2.86 bits per heavy atom. The van der Waals surface area contributed by atoms with E-state index in [-0.39, 0.29) is 24.1 Å². The van der Waals surface area contributed by atoms with Crippen molar-refractivity contribution in [3.8, 4) is 0 Å². The second-order valence-electron chi connectivity index (χ2n) is 7.59. The van der Waals surface area contributed by atoms with Crippen LogP contribution < -0.4 is 10.6 Å². The van der Waals surface area contributed by atoms with E-state index in [1.165, 1.54) is 0 Å². The van der Waals surface area contributed by atoms with Gasteiger partial charge < -0.3 is 20.3 Å². The van der Waals surface area contributed by atoms with Gasteiger partial charge in [0.1, 0.15) is 0 Å². The van der Waals surface area contributed by atoms with Crippen LogP contribution in [0.1, 0.15) is 37.3 Å². The van der Waals surface area contributed by atoms with Crippen LogP contribution in [-0.4, -0.2) is 52.4 Å². The molecular weight excluding hydrogens is 370 g/mol. The van der Waals surface area contributed by atoms with E-state index >= 15 is 0 Å². The molecule has 8 nitrogen and oxygen atoms in total. The van der Waals surface area contributed by atoms with Gasteiger partial charge in [0.25, 0.3) is 0 Å². The highest BCUT2D eigenvalue weighted by Crippen LogP contribution is 2.19. The third kappa shape index (κ3) is 5.14. The number of likely N-dealkylation sites (tertiary alicyclic amines) is 1. The average molecular weight is 397 g/mol. The summed E-state index contributed by atoms with van der Waals surface area (Å²) >= 11 is 0. The number of amides is 3. The molecule has 2 aliphatic heterocycles. The van der Waals surface area contributed by atoms with E-state index in [4.69, 9.17) is 4.74 Å². The van der Waals surface area contributed by atoms with Crippen LogP contribution in [-0.2, 0) is 16.1 Å². The lowest BCUT2D eigenvalue weighted by Crippen LogP contribution is -2.40. The number of rotatable bonds is 7. The summed E-state index contributed by atoms with van der Waals surface area (Å²) < 4.78 is 7.42. The highest BCUT2D eigenvalue weighted by Gasteiger charge is 2.25. The Hall–Kier alpha value is -2.87. The summed E-state index contributed by atoms with van der Waals surface area (Å²) in [5, 5.41) is 10.2. The maximum atomic E-state index is 12.6. The fraction of sp³-hybridized carbons (Fsp3) is 0.476. The monoisotopic (exact) mass is 397 g/mol. The number of nitrogens with one attached hydrogen (secondary N) is 2. The summed E-state index contributed by atoms with van der Waals surface area (Å²) in [6.07, 6.45) is 7.21. The zero-order chi connectivity index (χ0) is 20.1. The molecule has 2 fully saturated rings. The van der Waals surface area contributed by atoms with E-state index < -0.39 is 0 Å². The van der Waals surface area contributed by atoms with E-state index in [2.05, 4.69) is 15.7 Å². The molecule has 0 bridgehead atoms. The number of carbonyl (C=O) groups excluding carboxylic acids is 2. The standard InChI is InChI=1S/C21H27N5O3/c27-20-9-4-10-25(20)15-19(16-6-2-1-3-7-16)24-21(28)23-17-12-22-26(13-17)14-18-8-5-11-29-18/h1-3,6-7,12-13,18-19H,4-5,8-11,14-15H2,(H2,23,24,28). The van der Waals surface area contributed by atoms with Crippen molar-refractivity contribution in [2.75, 3.05) is 25.0 Å². The number of benzene rings is 1. The molecule has 8 heteroatoms. The first-order valence-electron chi connectivity index (χ1n) is 10.2. The molecule has 2 aliphatic rings. The van der Waals surface area contributed by atoms with Crippen molar-refractivity contribution < 1.29 is 14.3 Å². The van der Waals surface area contributed by atoms with Crippen molar-refractivity contribution in [1.82, 2.24) is 20.0 Å². The van der Waals surface area contributed by atoms with Crippen molar-refractivity contribution >= 4 is 17.6 Å². The summed E-state index contributed by atoms with van der Waals surface area (Å²) in [5.41, 5.74) is 1.60. The Morgan fingerprint density at radius 2 is 2.14 bits per heavy atom. The van der Waals surface area contributed by atoms with Crippen molar-refractivity contribution in [2.45, 2.75) is 44.4 Å². The molecule has 2 aromatic rings. The SMILES string of the molecule is O=C(Nc1cnn(CC2CCCO2)c1)NC(CN1CCCC1=O)c1ccccc1. The zero-order valence-corrected chi connectivity index (χ0v) is 16.4. The second kappa shape index (κ2) is 9.09. The predicted octanol–water partition coefficient (Wildman–Crippen LogP) is 2.55. The van der Waals surface area contributed by atoms with Crippen LogP contribution in [0, 0.1) is 0 Å². The van der Waals surface area contributed by atoms with Gasteiger partial charge in [-0.25, -0.2) is 4.79 Å². The van der Waals surface area contributed by atoms with Gasteiger partial charge in [-0.1, -0.05) is 30.3 Å². The summed E-state index contributed by atoms with van der Waals surface area (Å²) in [4.78, 5) is 26.5. The second-order valence-corrected chi connectivity index (χ2v) is 7.59. The first-order chi connectivity index (χ1) is 14.2.